The van der Waals surface area contributed by atoms with E-state index in [9.17, 15) is 9.59 Å². The Balaban J connectivity index is 2.23. The Morgan fingerprint density at radius 2 is 2.19 bits per heavy atom. The Labute approximate surface area is 124 Å². The normalized spacial score (nSPS) is 18.6. The van der Waals surface area contributed by atoms with Gasteiger partial charge in [-0.1, -0.05) is 13.3 Å². The summed E-state index contributed by atoms with van der Waals surface area (Å²) < 4.78 is 5.22. The van der Waals surface area contributed by atoms with Crippen LogP contribution in [0.15, 0.2) is 12.1 Å². The Morgan fingerprint density at radius 1 is 1.43 bits per heavy atom. The molecule has 0 aliphatic carbocycles. The predicted molar refractivity (Wildman–Crippen MR) is 77.8 cm³/mol. The minimum atomic E-state index is -0.412. The van der Waals surface area contributed by atoms with E-state index in [2.05, 4.69) is 10.3 Å². The molecule has 0 spiro atoms. The highest BCUT2D eigenvalue weighted by atomic mass is 16.5. The second-order valence-corrected chi connectivity index (χ2v) is 5.18. The van der Waals surface area contributed by atoms with E-state index in [1.165, 1.54) is 0 Å². The van der Waals surface area contributed by atoms with Gasteiger partial charge in [-0.15, -0.1) is 0 Å². The number of rotatable bonds is 5. The number of amides is 2. The van der Waals surface area contributed by atoms with Crippen LogP contribution >= 0.6 is 0 Å². The number of methoxy groups -OCH3 is 1. The number of carbonyl (C=O) groups excluding carboxylic acids is 2. The molecule has 2 rings (SSSR count). The summed E-state index contributed by atoms with van der Waals surface area (Å²) in [6, 6.07) is 3.22. The van der Waals surface area contributed by atoms with Crippen LogP contribution in [0.25, 0.3) is 0 Å². The molecule has 1 aliphatic heterocycles. The number of hydrogen-bond acceptors (Lipinski definition) is 4. The fraction of sp³-hybridized carbons (Fsp3) is 0.533. The Bertz CT molecular complexity index is 545. The van der Waals surface area contributed by atoms with Gasteiger partial charge in [0.1, 0.15) is 11.8 Å². The molecule has 114 valence electrons. The van der Waals surface area contributed by atoms with Gasteiger partial charge in [0, 0.05) is 17.8 Å². The Kier molecular flexibility index (Phi) is 4.77. The number of ether oxygens (including phenoxy) is 1. The molecule has 1 atom stereocenters. The van der Waals surface area contributed by atoms with E-state index in [-0.39, 0.29) is 18.4 Å². The molecule has 1 N–H and O–H groups in total. The number of aromatic nitrogens is 1. The van der Waals surface area contributed by atoms with Crippen molar-refractivity contribution in [3.63, 3.8) is 0 Å². The number of piperazine rings is 1. The topological polar surface area (TPSA) is 71.5 Å². The molecular formula is C15H21N3O3. The molecule has 6 nitrogen and oxygen atoms in total. The maximum atomic E-state index is 12.1. The second-order valence-electron chi connectivity index (χ2n) is 5.18. The van der Waals surface area contributed by atoms with Gasteiger partial charge < -0.3 is 15.0 Å². The third-order valence-electron chi connectivity index (χ3n) is 3.52. The molecule has 2 amide bonds. The summed E-state index contributed by atoms with van der Waals surface area (Å²) in [5, 5.41) is 2.64. The van der Waals surface area contributed by atoms with Gasteiger partial charge >= 0.3 is 0 Å². The van der Waals surface area contributed by atoms with Crippen molar-refractivity contribution >= 4 is 11.8 Å². The van der Waals surface area contributed by atoms with Crippen LogP contribution in [0.3, 0.4) is 0 Å². The molecule has 1 unspecified atom stereocenters. The number of hydrogen-bond donors (Lipinski definition) is 1. The summed E-state index contributed by atoms with van der Waals surface area (Å²) in [6.45, 7) is 4.26. The van der Waals surface area contributed by atoms with E-state index in [1.54, 1.807) is 18.1 Å². The molecule has 6 heteroatoms. The van der Waals surface area contributed by atoms with Crippen molar-refractivity contribution in [1.29, 1.82) is 0 Å². The summed E-state index contributed by atoms with van der Waals surface area (Å²) in [7, 11) is 1.60. The van der Waals surface area contributed by atoms with Crippen LogP contribution < -0.4 is 10.1 Å². The van der Waals surface area contributed by atoms with Crippen LogP contribution in [0, 0.1) is 6.92 Å². The van der Waals surface area contributed by atoms with Crippen LogP contribution in [0.5, 0.6) is 5.75 Å². The van der Waals surface area contributed by atoms with Crippen LogP contribution in [0.2, 0.25) is 0 Å². The molecule has 1 fully saturated rings. The minimum absolute atomic E-state index is 0.0575. The predicted octanol–water partition coefficient (Wildman–Crippen LogP) is 1.03. The van der Waals surface area contributed by atoms with E-state index in [0.717, 1.165) is 17.8 Å². The standard InChI is InChI=1S/C15H21N3O3/c1-4-5-13-15(20)16-8-14(19)18(13)9-11-7-12(21-3)6-10(2)17-11/h6-7,13H,4-5,8-9H2,1-3H3,(H,16,20). The van der Waals surface area contributed by atoms with Gasteiger partial charge in [-0.2, -0.15) is 0 Å². The second kappa shape index (κ2) is 6.56. The summed E-state index contributed by atoms with van der Waals surface area (Å²) in [5.74, 6) is 0.546. The fourth-order valence-electron chi connectivity index (χ4n) is 2.53. The van der Waals surface area contributed by atoms with Gasteiger partial charge in [-0.25, -0.2) is 0 Å². The highest BCUT2D eigenvalue weighted by Crippen LogP contribution is 2.19. The lowest BCUT2D eigenvalue weighted by Crippen LogP contribution is -2.57. The van der Waals surface area contributed by atoms with E-state index in [4.69, 9.17) is 4.74 Å². The molecule has 0 bridgehead atoms. The number of nitrogens with zero attached hydrogens (tertiary/aromatic N) is 2. The van der Waals surface area contributed by atoms with Gasteiger partial charge in [0.15, 0.2) is 0 Å². The quantitative estimate of drug-likeness (QED) is 0.879. The average molecular weight is 291 g/mol. The van der Waals surface area contributed by atoms with E-state index < -0.39 is 6.04 Å². The maximum Gasteiger partial charge on any atom is 0.243 e. The van der Waals surface area contributed by atoms with Crippen LogP contribution in [-0.2, 0) is 16.1 Å². The SMILES string of the molecule is CCCC1C(=O)NCC(=O)N1Cc1cc(OC)cc(C)n1. The Hall–Kier alpha value is -2.11. The average Bonchev–Trinajstić information content (AvgIpc) is 2.46. The van der Waals surface area contributed by atoms with E-state index >= 15 is 0 Å². The first kappa shape index (κ1) is 15.3. The summed E-state index contributed by atoms with van der Waals surface area (Å²) >= 11 is 0. The Morgan fingerprint density at radius 3 is 2.86 bits per heavy atom. The molecule has 0 aromatic carbocycles. The number of carbonyl (C=O) groups is 2. The van der Waals surface area contributed by atoms with Gasteiger partial charge in [-0.05, 0) is 13.3 Å². The molecule has 21 heavy (non-hydrogen) atoms. The van der Waals surface area contributed by atoms with Crippen molar-refractivity contribution in [2.24, 2.45) is 0 Å². The third kappa shape index (κ3) is 3.51. The lowest BCUT2D eigenvalue weighted by atomic mass is 10.1. The van der Waals surface area contributed by atoms with Crippen LogP contribution in [-0.4, -0.2) is 41.4 Å². The van der Waals surface area contributed by atoms with Crippen molar-refractivity contribution in [1.82, 2.24) is 15.2 Å². The van der Waals surface area contributed by atoms with Crippen molar-refractivity contribution in [2.75, 3.05) is 13.7 Å². The van der Waals surface area contributed by atoms with E-state index in [0.29, 0.717) is 18.7 Å². The van der Waals surface area contributed by atoms with Crippen molar-refractivity contribution in [2.45, 2.75) is 39.3 Å². The zero-order chi connectivity index (χ0) is 15.4. The molecule has 2 heterocycles. The third-order valence-corrected chi connectivity index (χ3v) is 3.52. The van der Waals surface area contributed by atoms with Crippen LogP contribution in [0.1, 0.15) is 31.2 Å². The highest BCUT2D eigenvalue weighted by Gasteiger charge is 2.33. The number of nitrogens with one attached hydrogen (secondary N) is 1. The smallest absolute Gasteiger partial charge is 0.243 e. The zero-order valence-corrected chi connectivity index (χ0v) is 12.7. The molecule has 0 saturated carbocycles. The lowest BCUT2D eigenvalue weighted by Gasteiger charge is -2.34. The minimum Gasteiger partial charge on any atom is -0.497 e. The molecule has 1 aromatic heterocycles. The van der Waals surface area contributed by atoms with Crippen molar-refractivity contribution < 1.29 is 14.3 Å². The molecule has 0 radical (unpaired) electrons. The first-order valence-corrected chi connectivity index (χ1v) is 7.14. The van der Waals surface area contributed by atoms with Gasteiger partial charge in [0.05, 0.1) is 25.9 Å². The summed E-state index contributed by atoms with van der Waals surface area (Å²) in [5.41, 5.74) is 1.56. The van der Waals surface area contributed by atoms with Gasteiger partial charge in [-0.3, -0.25) is 14.6 Å². The first-order valence-electron chi connectivity index (χ1n) is 7.14. The molecule has 1 saturated heterocycles. The maximum absolute atomic E-state index is 12.1. The summed E-state index contributed by atoms with van der Waals surface area (Å²) in [4.78, 5) is 30.1. The van der Waals surface area contributed by atoms with Crippen molar-refractivity contribution in [3.05, 3.63) is 23.5 Å². The van der Waals surface area contributed by atoms with Crippen LogP contribution in [0.4, 0.5) is 0 Å². The van der Waals surface area contributed by atoms with Crippen molar-refractivity contribution in [3.8, 4) is 5.75 Å². The number of aryl methyl sites for hydroxylation is 1. The fourth-order valence-corrected chi connectivity index (χ4v) is 2.53. The zero-order valence-electron chi connectivity index (χ0n) is 12.7. The molecule has 1 aliphatic rings. The first-order chi connectivity index (χ1) is 10.0. The summed E-state index contributed by atoms with van der Waals surface area (Å²) in [6.07, 6.45) is 1.49. The molecular weight excluding hydrogens is 270 g/mol. The van der Waals surface area contributed by atoms with Gasteiger partial charge in [0.2, 0.25) is 11.8 Å². The monoisotopic (exact) mass is 291 g/mol. The largest absolute Gasteiger partial charge is 0.497 e. The van der Waals surface area contributed by atoms with Gasteiger partial charge in [0.25, 0.3) is 0 Å². The lowest BCUT2D eigenvalue weighted by molar-refractivity contribution is -0.146. The number of pyridine rings is 1. The van der Waals surface area contributed by atoms with E-state index in [1.807, 2.05) is 19.9 Å². The highest BCUT2D eigenvalue weighted by molar-refractivity contribution is 5.94. The molecule has 1 aromatic rings.